The third-order valence-corrected chi connectivity index (χ3v) is 2.16. The normalized spacial score (nSPS) is 10.1. The van der Waals surface area contributed by atoms with Gasteiger partial charge in [0.25, 0.3) is 0 Å². The first kappa shape index (κ1) is 10.6. The Hall–Kier alpha value is -0.440. The Morgan fingerprint density at radius 3 is 2.77 bits per heavy atom. The molecular weight excluding hydrogens is 211 g/mol. The Morgan fingerprint density at radius 2 is 2.15 bits per heavy atom. The fraction of sp³-hybridized carbons (Fsp3) is 0.333. The molecule has 0 saturated heterocycles. The molecule has 0 amide bonds. The number of ether oxygens (including phenoxy) is 2. The topological polar surface area (TPSA) is 18.5 Å². The molecule has 0 radical (unpaired) electrons. The van der Waals surface area contributed by atoms with Gasteiger partial charge in [0.05, 0.1) is 5.88 Å². The maximum atomic E-state index is 5.90. The lowest BCUT2D eigenvalue weighted by atomic mass is 10.2. The Morgan fingerprint density at radius 1 is 1.38 bits per heavy atom. The van der Waals surface area contributed by atoms with E-state index in [-0.39, 0.29) is 6.79 Å². The summed E-state index contributed by atoms with van der Waals surface area (Å²) in [7, 11) is 1.56. The lowest BCUT2D eigenvalue weighted by Crippen LogP contribution is -2.01. The largest absolute Gasteiger partial charge is 0.467 e. The van der Waals surface area contributed by atoms with E-state index in [1.807, 2.05) is 12.1 Å². The smallest absolute Gasteiger partial charge is 0.188 e. The number of hydrogen-bond donors (Lipinski definition) is 0. The molecule has 0 aliphatic rings. The quantitative estimate of drug-likeness (QED) is 0.574. The average Bonchev–Trinajstić information content (AvgIpc) is 2.15. The predicted molar refractivity (Wildman–Crippen MR) is 53.5 cm³/mol. The monoisotopic (exact) mass is 220 g/mol. The highest BCUT2D eigenvalue weighted by molar-refractivity contribution is 6.32. The van der Waals surface area contributed by atoms with Gasteiger partial charge >= 0.3 is 0 Å². The summed E-state index contributed by atoms with van der Waals surface area (Å²) in [5.74, 6) is 1.00. The van der Waals surface area contributed by atoms with Crippen molar-refractivity contribution in [3.63, 3.8) is 0 Å². The van der Waals surface area contributed by atoms with Crippen LogP contribution in [0.2, 0.25) is 5.02 Å². The van der Waals surface area contributed by atoms with Crippen molar-refractivity contribution in [2.75, 3.05) is 13.9 Å². The van der Waals surface area contributed by atoms with Gasteiger partial charge < -0.3 is 9.47 Å². The van der Waals surface area contributed by atoms with Gasteiger partial charge in [-0.2, -0.15) is 0 Å². The molecule has 0 heterocycles. The van der Waals surface area contributed by atoms with Crippen molar-refractivity contribution in [2.45, 2.75) is 5.88 Å². The lowest BCUT2D eigenvalue weighted by Gasteiger charge is -2.09. The molecule has 0 fully saturated rings. The summed E-state index contributed by atoms with van der Waals surface area (Å²) in [5.41, 5.74) is 0.794. The van der Waals surface area contributed by atoms with E-state index in [1.54, 1.807) is 13.2 Å². The van der Waals surface area contributed by atoms with Gasteiger partial charge in [-0.1, -0.05) is 17.7 Å². The summed E-state index contributed by atoms with van der Waals surface area (Å²) in [6, 6.07) is 5.39. The number of benzene rings is 1. The summed E-state index contributed by atoms with van der Waals surface area (Å²) in [5, 5.41) is 0.614. The summed E-state index contributed by atoms with van der Waals surface area (Å²) >= 11 is 11.6. The second kappa shape index (κ2) is 5.32. The predicted octanol–water partition coefficient (Wildman–Crippen LogP) is 3.06. The van der Waals surface area contributed by atoms with Gasteiger partial charge in [0.1, 0.15) is 5.75 Å². The Kier molecular flexibility index (Phi) is 4.36. The van der Waals surface area contributed by atoms with E-state index in [9.17, 15) is 0 Å². The maximum absolute atomic E-state index is 5.90. The third-order valence-electron chi connectivity index (χ3n) is 1.54. The van der Waals surface area contributed by atoms with E-state index in [2.05, 4.69) is 0 Å². The van der Waals surface area contributed by atoms with Gasteiger partial charge in [0, 0.05) is 17.7 Å². The molecule has 0 bridgehead atoms. The van der Waals surface area contributed by atoms with Crippen LogP contribution in [-0.4, -0.2) is 13.9 Å². The van der Waals surface area contributed by atoms with Gasteiger partial charge in [-0.15, -0.1) is 11.6 Å². The van der Waals surface area contributed by atoms with Crippen molar-refractivity contribution in [3.05, 3.63) is 28.8 Å². The van der Waals surface area contributed by atoms with Crippen LogP contribution in [0.4, 0.5) is 0 Å². The van der Waals surface area contributed by atoms with Crippen LogP contribution >= 0.6 is 23.2 Å². The van der Waals surface area contributed by atoms with E-state index in [1.165, 1.54) is 0 Å². The van der Waals surface area contributed by atoms with E-state index in [0.29, 0.717) is 16.7 Å². The highest BCUT2D eigenvalue weighted by atomic mass is 35.5. The van der Waals surface area contributed by atoms with Crippen LogP contribution in [0, 0.1) is 0 Å². The minimum atomic E-state index is 0.199. The van der Waals surface area contributed by atoms with Crippen molar-refractivity contribution in [1.29, 1.82) is 0 Å². The molecule has 72 valence electrons. The Labute approximate surface area is 87.4 Å². The highest BCUT2D eigenvalue weighted by Crippen LogP contribution is 2.27. The van der Waals surface area contributed by atoms with Gasteiger partial charge in [0.15, 0.2) is 6.79 Å². The van der Waals surface area contributed by atoms with Crippen LogP contribution in [0.3, 0.4) is 0 Å². The molecule has 0 saturated carbocycles. The first-order chi connectivity index (χ1) is 6.29. The van der Waals surface area contributed by atoms with E-state index in [4.69, 9.17) is 32.7 Å². The lowest BCUT2D eigenvalue weighted by molar-refractivity contribution is 0.0506. The fourth-order valence-electron chi connectivity index (χ4n) is 0.926. The first-order valence-electron chi connectivity index (χ1n) is 3.74. The third kappa shape index (κ3) is 2.76. The molecular formula is C9H10Cl2O2. The molecule has 4 heteroatoms. The SMILES string of the molecule is COCOc1cccc(Cl)c1CCl. The molecule has 1 rings (SSSR count). The standard InChI is InChI=1S/C9H10Cl2O2/c1-12-6-13-9-4-2-3-8(11)7(9)5-10/h2-4H,5-6H2,1H3. The minimum absolute atomic E-state index is 0.199. The maximum Gasteiger partial charge on any atom is 0.188 e. The van der Waals surface area contributed by atoms with Crippen molar-refractivity contribution >= 4 is 23.2 Å². The van der Waals surface area contributed by atoms with Gasteiger partial charge in [-0.05, 0) is 12.1 Å². The van der Waals surface area contributed by atoms with Crippen LogP contribution in [0.15, 0.2) is 18.2 Å². The fourth-order valence-corrected chi connectivity index (χ4v) is 1.50. The number of rotatable bonds is 4. The van der Waals surface area contributed by atoms with Crippen molar-refractivity contribution in [2.24, 2.45) is 0 Å². The molecule has 2 nitrogen and oxygen atoms in total. The minimum Gasteiger partial charge on any atom is -0.467 e. The summed E-state index contributed by atoms with van der Waals surface area (Å²) < 4.78 is 10.0. The van der Waals surface area contributed by atoms with E-state index in [0.717, 1.165) is 5.56 Å². The number of alkyl halides is 1. The number of halogens is 2. The zero-order valence-electron chi connectivity index (χ0n) is 7.22. The summed E-state index contributed by atoms with van der Waals surface area (Å²) in [6.07, 6.45) is 0. The zero-order chi connectivity index (χ0) is 9.68. The molecule has 1 aromatic carbocycles. The molecule has 0 unspecified atom stereocenters. The van der Waals surface area contributed by atoms with Crippen molar-refractivity contribution in [1.82, 2.24) is 0 Å². The van der Waals surface area contributed by atoms with Crippen molar-refractivity contribution < 1.29 is 9.47 Å². The summed E-state index contributed by atoms with van der Waals surface area (Å²) in [4.78, 5) is 0. The Bertz CT molecular complexity index is 276. The van der Waals surface area contributed by atoms with Gasteiger partial charge in [-0.3, -0.25) is 0 Å². The van der Waals surface area contributed by atoms with Crippen LogP contribution < -0.4 is 4.74 Å². The molecule has 0 spiro atoms. The summed E-state index contributed by atoms with van der Waals surface area (Å²) in [6.45, 7) is 0.199. The average molecular weight is 221 g/mol. The second-order valence-electron chi connectivity index (χ2n) is 2.40. The van der Waals surface area contributed by atoms with Crippen molar-refractivity contribution in [3.8, 4) is 5.75 Å². The Balaban J connectivity index is 2.85. The van der Waals surface area contributed by atoms with E-state index < -0.39 is 0 Å². The first-order valence-corrected chi connectivity index (χ1v) is 4.66. The highest BCUT2D eigenvalue weighted by Gasteiger charge is 2.06. The van der Waals surface area contributed by atoms with Crippen LogP contribution in [0.25, 0.3) is 0 Å². The van der Waals surface area contributed by atoms with E-state index >= 15 is 0 Å². The number of methoxy groups -OCH3 is 1. The molecule has 1 aromatic rings. The molecule has 13 heavy (non-hydrogen) atoms. The van der Waals surface area contributed by atoms with Crippen LogP contribution in [0.1, 0.15) is 5.56 Å². The molecule has 0 N–H and O–H groups in total. The zero-order valence-corrected chi connectivity index (χ0v) is 8.73. The van der Waals surface area contributed by atoms with Crippen LogP contribution in [0.5, 0.6) is 5.75 Å². The number of hydrogen-bond acceptors (Lipinski definition) is 2. The van der Waals surface area contributed by atoms with Crippen LogP contribution in [-0.2, 0) is 10.6 Å². The van der Waals surface area contributed by atoms with Gasteiger partial charge in [0.2, 0.25) is 0 Å². The molecule has 0 aliphatic heterocycles. The van der Waals surface area contributed by atoms with Gasteiger partial charge in [-0.25, -0.2) is 0 Å². The molecule has 0 aliphatic carbocycles. The molecule has 0 atom stereocenters. The second-order valence-corrected chi connectivity index (χ2v) is 3.08. The molecule has 0 aromatic heterocycles.